The van der Waals surface area contributed by atoms with Crippen molar-refractivity contribution in [3.05, 3.63) is 52.2 Å². The van der Waals surface area contributed by atoms with E-state index in [1.807, 2.05) is 35.2 Å². The Labute approximate surface area is 194 Å². The third kappa shape index (κ3) is 5.33. The molecular weight excluding hydrogens is 424 g/mol. The number of rotatable bonds is 9. The second-order valence-corrected chi connectivity index (χ2v) is 9.51. The lowest BCUT2D eigenvalue weighted by Gasteiger charge is -2.37. The van der Waals surface area contributed by atoms with E-state index >= 15 is 0 Å². The van der Waals surface area contributed by atoms with E-state index in [0.29, 0.717) is 26.3 Å². The van der Waals surface area contributed by atoms with Crippen molar-refractivity contribution in [2.24, 2.45) is 5.92 Å². The van der Waals surface area contributed by atoms with E-state index in [4.69, 9.17) is 9.47 Å². The molecule has 0 bridgehead atoms. The molecule has 4 rings (SSSR count). The maximum absolute atomic E-state index is 13.5. The SMILES string of the molecule is COCCN(CC(=O)N1CCc2sccc2[C@H]1COc1ccccc1)C(=O)C1CCCC1. The van der Waals surface area contributed by atoms with Crippen LogP contribution in [0.15, 0.2) is 41.8 Å². The van der Waals surface area contributed by atoms with Crippen molar-refractivity contribution in [1.29, 1.82) is 0 Å². The first-order chi connectivity index (χ1) is 15.7. The van der Waals surface area contributed by atoms with E-state index in [2.05, 4.69) is 11.4 Å². The summed E-state index contributed by atoms with van der Waals surface area (Å²) in [5.41, 5.74) is 1.16. The maximum atomic E-state index is 13.5. The van der Waals surface area contributed by atoms with Gasteiger partial charge in [0.25, 0.3) is 0 Å². The summed E-state index contributed by atoms with van der Waals surface area (Å²) in [6.45, 7) is 2.01. The molecule has 6 nitrogen and oxygen atoms in total. The summed E-state index contributed by atoms with van der Waals surface area (Å²) in [5.74, 6) is 0.909. The van der Waals surface area contributed by atoms with Gasteiger partial charge in [0.1, 0.15) is 12.4 Å². The highest BCUT2D eigenvalue weighted by atomic mass is 32.1. The molecule has 0 saturated heterocycles. The van der Waals surface area contributed by atoms with Crippen molar-refractivity contribution >= 4 is 23.2 Å². The minimum atomic E-state index is -0.149. The fourth-order valence-corrected chi connectivity index (χ4v) is 5.65. The van der Waals surface area contributed by atoms with Crippen LogP contribution in [0.25, 0.3) is 0 Å². The summed E-state index contributed by atoms with van der Waals surface area (Å²) >= 11 is 1.74. The van der Waals surface area contributed by atoms with E-state index in [9.17, 15) is 9.59 Å². The van der Waals surface area contributed by atoms with E-state index in [-0.39, 0.29) is 30.3 Å². The molecule has 1 aliphatic carbocycles. The number of hydrogen-bond donors (Lipinski definition) is 0. The van der Waals surface area contributed by atoms with Crippen LogP contribution in [0.5, 0.6) is 5.75 Å². The number of para-hydroxylation sites is 1. The third-order valence-corrected chi connectivity index (χ3v) is 7.47. The van der Waals surface area contributed by atoms with Gasteiger partial charge < -0.3 is 19.3 Å². The monoisotopic (exact) mass is 456 g/mol. The highest BCUT2D eigenvalue weighted by molar-refractivity contribution is 7.10. The predicted octanol–water partition coefficient (Wildman–Crippen LogP) is 3.92. The minimum Gasteiger partial charge on any atom is -0.491 e. The second-order valence-electron chi connectivity index (χ2n) is 8.51. The van der Waals surface area contributed by atoms with Crippen LogP contribution in [0.3, 0.4) is 0 Å². The van der Waals surface area contributed by atoms with Gasteiger partial charge in [-0.2, -0.15) is 0 Å². The Hall–Kier alpha value is -2.38. The maximum Gasteiger partial charge on any atom is 0.242 e. The standard InChI is InChI=1S/C25H32N2O4S/c1-30-15-14-26(25(29)19-7-5-6-8-19)17-24(28)27-13-11-23-21(12-16-32-23)22(27)18-31-20-9-3-2-4-10-20/h2-4,9-10,12,16,19,22H,5-8,11,13-15,17-18H2,1H3/t22-/m1/s1. The van der Waals surface area contributed by atoms with Crippen LogP contribution in [0.2, 0.25) is 0 Å². The Kier molecular flexibility index (Phi) is 7.81. The first-order valence-electron chi connectivity index (χ1n) is 11.5. The molecule has 2 heterocycles. The molecule has 1 saturated carbocycles. The van der Waals surface area contributed by atoms with Gasteiger partial charge in [-0.1, -0.05) is 31.0 Å². The van der Waals surface area contributed by atoms with Gasteiger partial charge in [0.05, 0.1) is 19.2 Å². The number of amides is 2. The molecular formula is C25H32N2O4S. The Morgan fingerprint density at radius 2 is 1.94 bits per heavy atom. The zero-order valence-corrected chi connectivity index (χ0v) is 19.5. The molecule has 0 radical (unpaired) electrons. The summed E-state index contributed by atoms with van der Waals surface area (Å²) in [7, 11) is 1.62. The Balaban J connectivity index is 1.48. The van der Waals surface area contributed by atoms with Crippen LogP contribution in [-0.4, -0.2) is 61.6 Å². The number of carbonyl (C=O) groups excluding carboxylic acids is 2. The van der Waals surface area contributed by atoms with Crippen molar-refractivity contribution in [3.63, 3.8) is 0 Å². The zero-order valence-electron chi connectivity index (χ0n) is 18.7. The first-order valence-corrected chi connectivity index (χ1v) is 12.4. The van der Waals surface area contributed by atoms with Crippen LogP contribution < -0.4 is 4.74 Å². The van der Waals surface area contributed by atoms with Gasteiger partial charge in [-0.25, -0.2) is 0 Å². The summed E-state index contributed by atoms with van der Waals surface area (Å²) in [4.78, 5) is 31.5. The number of nitrogens with zero attached hydrogens (tertiary/aromatic N) is 2. The largest absolute Gasteiger partial charge is 0.491 e. The topological polar surface area (TPSA) is 59.1 Å². The van der Waals surface area contributed by atoms with Gasteiger partial charge in [0, 0.05) is 31.0 Å². The van der Waals surface area contributed by atoms with Crippen molar-refractivity contribution < 1.29 is 19.1 Å². The quantitative estimate of drug-likeness (QED) is 0.574. The highest BCUT2D eigenvalue weighted by Crippen LogP contribution is 2.34. The molecule has 1 aromatic carbocycles. The van der Waals surface area contributed by atoms with Crippen molar-refractivity contribution in [2.75, 3.05) is 40.0 Å². The summed E-state index contributed by atoms with van der Waals surface area (Å²) in [5, 5.41) is 2.09. The molecule has 2 aliphatic rings. The lowest BCUT2D eigenvalue weighted by molar-refractivity contribution is -0.145. The molecule has 1 aromatic heterocycles. The molecule has 1 fully saturated rings. The van der Waals surface area contributed by atoms with E-state index in [1.54, 1.807) is 23.3 Å². The molecule has 0 spiro atoms. The number of carbonyl (C=O) groups is 2. The molecule has 2 aromatic rings. The Bertz CT molecular complexity index is 894. The predicted molar refractivity (Wildman–Crippen MR) is 125 cm³/mol. The van der Waals surface area contributed by atoms with Gasteiger partial charge >= 0.3 is 0 Å². The average molecular weight is 457 g/mol. The summed E-state index contributed by atoms with van der Waals surface area (Å²) in [6, 6.07) is 11.6. The smallest absolute Gasteiger partial charge is 0.242 e. The molecule has 1 aliphatic heterocycles. The van der Waals surface area contributed by atoms with E-state index < -0.39 is 0 Å². The number of thiophene rings is 1. The Morgan fingerprint density at radius 3 is 2.69 bits per heavy atom. The lowest BCUT2D eigenvalue weighted by atomic mass is 10.00. The molecule has 7 heteroatoms. The van der Waals surface area contributed by atoms with Crippen molar-refractivity contribution in [1.82, 2.24) is 9.80 Å². The first kappa shape index (κ1) is 22.8. The third-order valence-electron chi connectivity index (χ3n) is 6.47. The van der Waals surface area contributed by atoms with Gasteiger partial charge in [-0.15, -0.1) is 11.3 Å². The van der Waals surface area contributed by atoms with Gasteiger partial charge in [-0.3, -0.25) is 9.59 Å². The van der Waals surface area contributed by atoms with E-state index in [1.165, 1.54) is 4.88 Å². The van der Waals surface area contributed by atoms with Crippen LogP contribution in [0.4, 0.5) is 0 Å². The average Bonchev–Trinajstić information content (AvgIpc) is 3.52. The van der Waals surface area contributed by atoms with Gasteiger partial charge in [-0.05, 0) is 48.4 Å². The number of methoxy groups -OCH3 is 1. The number of ether oxygens (including phenoxy) is 2. The number of fused-ring (bicyclic) bond motifs is 1. The molecule has 0 N–H and O–H groups in total. The Morgan fingerprint density at radius 1 is 1.16 bits per heavy atom. The molecule has 0 unspecified atom stereocenters. The summed E-state index contributed by atoms with van der Waals surface area (Å²) < 4.78 is 11.3. The van der Waals surface area contributed by atoms with Crippen LogP contribution in [-0.2, 0) is 20.7 Å². The van der Waals surface area contributed by atoms with Crippen molar-refractivity contribution in [2.45, 2.75) is 38.1 Å². The van der Waals surface area contributed by atoms with Gasteiger partial charge in [0.15, 0.2) is 0 Å². The van der Waals surface area contributed by atoms with Gasteiger partial charge in [0.2, 0.25) is 11.8 Å². The van der Waals surface area contributed by atoms with Crippen molar-refractivity contribution in [3.8, 4) is 5.75 Å². The molecule has 172 valence electrons. The molecule has 2 amide bonds. The van der Waals surface area contributed by atoms with Crippen LogP contribution in [0, 0.1) is 5.92 Å². The number of benzene rings is 1. The van der Waals surface area contributed by atoms with Crippen LogP contribution >= 0.6 is 11.3 Å². The van der Waals surface area contributed by atoms with Crippen LogP contribution in [0.1, 0.15) is 42.2 Å². The fraction of sp³-hybridized carbons (Fsp3) is 0.520. The van der Waals surface area contributed by atoms with E-state index in [0.717, 1.165) is 43.4 Å². The molecule has 32 heavy (non-hydrogen) atoms. The zero-order chi connectivity index (χ0) is 22.3. The normalized spacial score (nSPS) is 18.4. The minimum absolute atomic E-state index is 0.0223. The second kappa shape index (κ2) is 11.0. The highest BCUT2D eigenvalue weighted by Gasteiger charge is 2.35. The molecule has 1 atom stereocenters. The lowest BCUT2D eigenvalue weighted by Crippen LogP contribution is -2.49. The summed E-state index contributed by atoms with van der Waals surface area (Å²) in [6.07, 6.45) is 4.87. The number of hydrogen-bond acceptors (Lipinski definition) is 5. The fourth-order valence-electron chi connectivity index (χ4n) is 4.72.